The number of allylic oxidation sites excluding steroid dienone is 3. The normalized spacial score (nSPS) is 27.1. The predicted molar refractivity (Wildman–Crippen MR) is 244 cm³/mol. The summed E-state index contributed by atoms with van der Waals surface area (Å²) >= 11 is 8.45. The van der Waals surface area contributed by atoms with E-state index in [0.29, 0.717) is 21.8 Å². The Balaban J connectivity index is 1.45. The molecule has 16 nitrogen and oxygen atoms in total. The number of nitrogens with zero attached hydrogens (tertiary/aromatic N) is 1. The molecule has 18 heteroatoms. The molecular formula is C47H53ClN4O12S. The summed E-state index contributed by atoms with van der Waals surface area (Å²) < 4.78 is 37.0. The van der Waals surface area contributed by atoms with E-state index < -0.39 is 66.0 Å². The SMILES string of the molecule is CC#C/C=C\C#C[C@H](OC1OC(C)C(Cl)(C(=O)c2nccc3c2[nH]c2ccc(O)cc23)CC1OC1CC(OC)C(NC(C)C)CO1)C1=C(NC(=O)OC)C(=O)C[C@H](O)/C1=C/CSC(C)=O. The Bertz CT molecular complexity index is 2520. The first-order valence-corrected chi connectivity index (χ1v) is 22.4. The largest absolute Gasteiger partial charge is 0.508 e. The molecule has 3 aliphatic rings. The fourth-order valence-corrected chi connectivity index (χ4v) is 8.83. The minimum Gasteiger partial charge on any atom is -0.508 e. The Labute approximate surface area is 386 Å². The lowest BCUT2D eigenvalue weighted by molar-refractivity contribution is -0.301. The van der Waals surface area contributed by atoms with Gasteiger partial charge in [0.1, 0.15) is 28.5 Å². The summed E-state index contributed by atoms with van der Waals surface area (Å²) in [5.74, 6) is 10.3. The van der Waals surface area contributed by atoms with Gasteiger partial charge in [0, 0.05) is 73.1 Å². The number of halogens is 1. The van der Waals surface area contributed by atoms with Gasteiger partial charge in [0.05, 0.1) is 49.3 Å². The molecule has 6 rings (SSSR count). The van der Waals surface area contributed by atoms with Crippen molar-refractivity contribution in [3.05, 3.63) is 71.2 Å². The van der Waals surface area contributed by atoms with Crippen LogP contribution in [0.15, 0.2) is 65.5 Å². The molecule has 0 radical (unpaired) electrons. The molecule has 1 aliphatic carbocycles. The maximum Gasteiger partial charge on any atom is 0.411 e. The number of aromatic amines is 1. The molecule has 7 unspecified atom stereocenters. The Morgan fingerprint density at radius 3 is 2.63 bits per heavy atom. The number of ether oxygens (including phenoxy) is 6. The van der Waals surface area contributed by atoms with Crippen LogP contribution in [-0.2, 0) is 38.0 Å². The number of phenols is 1. The zero-order valence-electron chi connectivity index (χ0n) is 37.1. The molecule has 346 valence electrons. The zero-order valence-corrected chi connectivity index (χ0v) is 38.6. The molecule has 9 atom stereocenters. The quantitative estimate of drug-likeness (QED) is 0.0830. The van der Waals surface area contributed by atoms with Crippen LogP contribution in [0, 0.1) is 23.7 Å². The topological polar surface area (TPSA) is 217 Å². The number of hydrogen-bond acceptors (Lipinski definition) is 15. The molecule has 65 heavy (non-hydrogen) atoms. The van der Waals surface area contributed by atoms with Crippen molar-refractivity contribution in [3.8, 4) is 29.4 Å². The molecule has 3 aromatic rings. The average molecular weight is 933 g/mol. The third-order valence-electron chi connectivity index (χ3n) is 11.1. The highest BCUT2D eigenvalue weighted by atomic mass is 35.5. The van der Waals surface area contributed by atoms with Crippen LogP contribution in [0.2, 0.25) is 0 Å². The number of Topliss-reactive ketones (excluding diaryl/α,β-unsaturated/α-hetero) is 2. The molecule has 1 aromatic carbocycles. The van der Waals surface area contributed by atoms with Crippen molar-refractivity contribution in [2.24, 2.45) is 0 Å². The van der Waals surface area contributed by atoms with E-state index in [1.165, 1.54) is 31.3 Å². The number of thioether (sulfide) groups is 1. The van der Waals surface area contributed by atoms with Gasteiger partial charge in [-0.05, 0) is 55.8 Å². The third-order valence-corrected chi connectivity index (χ3v) is 12.5. The highest BCUT2D eigenvalue weighted by molar-refractivity contribution is 8.13. The van der Waals surface area contributed by atoms with E-state index in [-0.39, 0.29) is 76.8 Å². The lowest BCUT2D eigenvalue weighted by Gasteiger charge is -2.46. The minimum atomic E-state index is -1.83. The Morgan fingerprint density at radius 1 is 1.15 bits per heavy atom. The van der Waals surface area contributed by atoms with Gasteiger partial charge in [-0.2, -0.15) is 0 Å². The minimum absolute atomic E-state index is 0.0174. The van der Waals surface area contributed by atoms with Crippen molar-refractivity contribution in [3.63, 3.8) is 0 Å². The number of methoxy groups -OCH3 is 2. The number of rotatable bonds is 13. The second-order valence-corrected chi connectivity index (χ2v) is 17.8. The van der Waals surface area contributed by atoms with Gasteiger partial charge in [-0.15, -0.1) is 17.5 Å². The number of carbonyl (C=O) groups excluding carboxylic acids is 4. The second-order valence-electron chi connectivity index (χ2n) is 15.9. The molecule has 2 aromatic heterocycles. The number of nitrogens with one attached hydrogen (secondary N) is 3. The van der Waals surface area contributed by atoms with E-state index in [9.17, 15) is 29.4 Å². The molecule has 2 saturated heterocycles. The molecule has 2 aliphatic heterocycles. The Kier molecular flexibility index (Phi) is 16.7. The summed E-state index contributed by atoms with van der Waals surface area (Å²) in [5.41, 5.74) is 0.986. The van der Waals surface area contributed by atoms with E-state index in [0.717, 1.165) is 18.9 Å². The Morgan fingerprint density at radius 2 is 1.92 bits per heavy atom. The van der Waals surface area contributed by atoms with Gasteiger partial charge in [-0.1, -0.05) is 49.4 Å². The van der Waals surface area contributed by atoms with E-state index in [1.807, 2.05) is 13.8 Å². The molecule has 1 amide bonds. The number of carbonyl (C=O) groups is 4. The number of aromatic hydroxyl groups is 1. The first-order valence-electron chi connectivity index (χ1n) is 21.0. The number of amides is 1. The van der Waals surface area contributed by atoms with Gasteiger partial charge in [0.15, 0.2) is 23.5 Å². The van der Waals surface area contributed by atoms with Crippen molar-refractivity contribution in [1.29, 1.82) is 0 Å². The lowest BCUT2D eigenvalue weighted by Crippen LogP contribution is -2.59. The summed E-state index contributed by atoms with van der Waals surface area (Å²) in [4.78, 5) is 59.3. The molecule has 0 saturated carbocycles. The van der Waals surface area contributed by atoms with Gasteiger partial charge in [0.25, 0.3) is 0 Å². The number of aliphatic hydroxyl groups excluding tert-OH is 1. The van der Waals surface area contributed by atoms with Gasteiger partial charge in [-0.25, -0.2) is 4.79 Å². The maximum absolute atomic E-state index is 14.9. The van der Waals surface area contributed by atoms with Gasteiger partial charge in [-0.3, -0.25) is 24.7 Å². The number of fused-ring (bicyclic) bond motifs is 3. The number of hydrogen-bond donors (Lipinski definition) is 5. The number of alkyl halides is 1. The summed E-state index contributed by atoms with van der Waals surface area (Å²) in [7, 11) is 2.73. The number of pyridine rings is 1. The van der Waals surface area contributed by atoms with Crippen molar-refractivity contribution < 1.29 is 57.8 Å². The molecular weight excluding hydrogens is 880 g/mol. The van der Waals surface area contributed by atoms with E-state index >= 15 is 0 Å². The maximum atomic E-state index is 14.9. The number of alkyl carbamates (subject to hydrolysis) is 1. The summed E-state index contributed by atoms with van der Waals surface area (Å²) in [5, 5.41) is 28.7. The number of phenolic OH excluding ortho intramolecular Hbond substituents is 1. The summed E-state index contributed by atoms with van der Waals surface area (Å²) in [6.07, 6.45) is -3.08. The fourth-order valence-electron chi connectivity index (χ4n) is 8.04. The number of aliphatic hydroxyl groups is 1. The smallest absolute Gasteiger partial charge is 0.411 e. The van der Waals surface area contributed by atoms with Crippen LogP contribution in [0.25, 0.3) is 21.8 Å². The molecule has 0 spiro atoms. The monoisotopic (exact) mass is 932 g/mol. The van der Waals surface area contributed by atoms with Crippen molar-refractivity contribution in [1.82, 2.24) is 20.6 Å². The first kappa shape index (κ1) is 49.4. The molecule has 0 bridgehead atoms. The van der Waals surface area contributed by atoms with Crippen LogP contribution in [0.4, 0.5) is 4.79 Å². The lowest BCUT2D eigenvalue weighted by atomic mass is 9.84. The Hall–Kier alpha value is -5.05. The number of aromatic nitrogens is 2. The predicted octanol–water partition coefficient (Wildman–Crippen LogP) is 5.35. The van der Waals surface area contributed by atoms with Crippen LogP contribution in [-0.4, -0.2) is 130 Å². The summed E-state index contributed by atoms with van der Waals surface area (Å²) in [6, 6.07) is 6.52. The fraction of sp³-hybridized carbons (Fsp3) is 0.468. The van der Waals surface area contributed by atoms with Crippen LogP contribution in [0.5, 0.6) is 5.75 Å². The van der Waals surface area contributed by atoms with Crippen LogP contribution in [0.3, 0.4) is 0 Å². The van der Waals surface area contributed by atoms with Crippen molar-refractivity contribution >= 4 is 67.9 Å². The van der Waals surface area contributed by atoms with E-state index in [1.54, 1.807) is 45.2 Å². The number of ketones is 2. The van der Waals surface area contributed by atoms with Gasteiger partial charge < -0.3 is 48.9 Å². The van der Waals surface area contributed by atoms with E-state index in [2.05, 4.69) is 44.3 Å². The molecule has 5 N–H and O–H groups in total. The van der Waals surface area contributed by atoms with Gasteiger partial charge >= 0.3 is 6.09 Å². The molecule has 2 fully saturated rings. The highest BCUT2D eigenvalue weighted by Gasteiger charge is 2.54. The van der Waals surface area contributed by atoms with Crippen LogP contribution in [0.1, 0.15) is 64.4 Å². The van der Waals surface area contributed by atoms with Crippen molar-refractivity contribution in [2.75, 3.05) is 26.6 Å². The van der Waals surface area contributed by atoms with Crippen molar-refractivity contribution in [2.45, 2.75) is 114 Å². The third kappa shape index (κ3) is 11.5. The average Bonchev–Trinajstić information content (AvgIpc) is 3.64. The van der Waals surface area contributed by atoms with E-state index in [4.69, 9.17) is 40.0 Å². The number of benzene rings is 1. The number of H-pyrrole nitrogens is 1. The highest BCUT2D eigenvalue weighted by Crippen LogP contribution is 2.43. The van der Waals surface area contributed by atoms with Gasteiger partial charge in [0.2, 0.25) is 5.78 Å². The molecule has 4 heterocycles. The van der Waals surface area contributed by atoms with Crippen LogP contribution >= 0.6 is 23.4 Å². The standard InChI is InChI=1S/C47H53ClN4O12S/c1-8-9-10-11-12-13-36(40-30(17-19-65-27(5)53)34(55)21-35(56)42(40)52-46(58)60-7)64-45-38(63-39-22-37(59-6)33(24-61-39)50-25(2)3)23-47(48,26(4)62-45)44(57)43-41-29(16-18-49-43)31-20-28(54)14-15-32(31)51-41/h10-11,14-18,20,25-26,33-34,36-39,45,50-51,54-55H,19,21-24H2,1-7H3,(H,52,58)/b11-10-,30-17-/t26?,33?,34-,36-,37?,38?,39?,45?,47?/m0/s1. The summed E-state index contributed by atoms with van der Waals surface area (Å²) in [6.45, 7) is 8.90. The van der Waals surface area contributed by atoms with Crippen LogP contribution < -0.4 is 10.6 Å². The zero-order chi connectivity index (χ0) is 47.0. The second kappa shape index (κ2) is 22.0. The first-order chi connectivity index (χ1) is 31.1.